The van der Waals surface area contributed by atoms with Crippen LogP contribution >= 0.6 is 0 Å². The number of aryl methyl sites for hydroxylation is 1. The molecule has 1 aromatic heterocycles. The molecule has 6 rings (SSSR count). The number of carboxylic acid groups (broad SMARTS) is 1. The molecule has 4 aromatic carbocycles. The fourth-order valence-electron chi connectivity index (χ4n) is 4.92. The summed E-state index contributed by atoms with van der Waals surface area (Å²) in [6.45, 7) is 1.96. The highest BCUT2D eigenvalue weighted by molar-refractivity contribution is 5.85. The lowest BCUT2D eigenvalue weighted by molar-refractivity contribution is -0.140. The van der Waals surface area contributed by atoms with Crippen molar-refractivity contribution in [3.63, 3.8) is 0 Å². The number of carboxylic acids is 1. The van der Waals surface area contributed by atoms with Crippen molar-refractivity contribution in [2.24, 2.45) is 0 Å². The van der Waals surface area contributed by atoms with Crippen molar-refractivity contribution >= 4 is 5.97 Å². The number of para-hydroxylation sites is 1. The molecule has 0 aliphatic heterocycles. The van der Waals surface area contributed by atoms with Gasteiger partial charge in [0.2, 0.25) is 0 Å². The largest absolute Gasteiger partial charge is 0.481 e. The number of aromatic nitrogens is 1. The van der Waals surface area contributed by atoms with E-state index in [2.05, 4.69) is 23.4 Å². The molecule has 0 spiro atoms. The van der Waals surface area contributed by atoms with Crippen LogP contribution in [0.15, 0.2) is 108 Å². The first-order chi connectivity index (χ1) is 18.5. The quantitative estimate of drug-likeness (QED) is 0.235. The Balaban J connectivity index is 1.21. The predicted octanol–water partition coefficient (Wildman–Crippen LogP) is 7.82. The summed E-state index contributed by atoms with van der Waals surface area (Å²) in [5.74, 6) is 1.62. The van der Waals surface area contributed by atoms with Gasteiger partial charge >= 0.3 is 5.97 Å². The van der Waals surface area contributed by atoms with Crippen molar-refractivity contribution in [3.8, 4) is 33.9 Å². The maximum atomic E-state index is 11.6. The number of hydrogen-bond donors (Lipinski definition) is 1. The fourth-order valence-corrected chi connectivity index (χ4v) is 4.92. The van der Waals surface area contributed by atoms with Crippen LogP contribution in [-0.4, -0.2) is 16.2 Å². The third-order valence-corrected chi connectivity index (χ3v) is 7.32. The number of aliphatic carboxylic acids is 1. The zero-order chi connectivity index (χ0) is 26.1. The molecule has 188 valence electrons. The van der Waals surface area contributed by atoms with Crippen molar-refractivity contribution in [1.82, 2.24) is 5.16 Å². The van der Waals surface area contributed by atoms with Crippen LogP contribution in [0.5, 0.6) is 11.5 Å². The second-order valence-electron chi connectivity index (χ2n) is 9.86. The van der Waals surface area contributed by atoms with E-state index in [1.807, 2.05) is 91.9 Å². The van der Waals surface area contributed by atoms with Crippen molar-refractivity contribution in [1.29, 1.82) is 0 Å². The molecule has 0 radical (unpaired) electrons. The summed E-state index contributed by atoms with van der Waals surface area (Å²) in [5, 5.41) is 13.8. The molecule has 0 saturated heterocycles. The van der Waals surface area contributed by atoms with Gasteiger partial charge in [-0.1, -0.05) is 84.0 Å². The first-order valence-electron chi connectivity index (χ1n) is 12.7. The molecule has 1 heterocycles. The highest BCUT2D eigenvalue weighted by atomic mass is 16.5. The molecular formula is C33H27NO4. The zero-order valence-corrected chi connectivity index (χ0v) is 21.1. The lowest BCUT2D eigenvalue weighted by Gasteiger charge is -2.11. The van der Waals surface area contributed by atoms with Crippen LogP contribution in [0.1, 0.15) is 35.2 Å². The van der Waals surface area contributed by atoms with Crippen LogP contribution in [0, 0.1) is 6.92 Å². The summed E-state index contributed by atoms with van der Waals surface area (Å²) in [5.41, 5.74) is 6.28. The third-order valence-electron chi connectivity index (χ3n) is 7.32. The second-order valence-corrected chi connectivity index (χ2v) is 9.86. The van der Waals surface area contributed by atoms with Crippen molar-refractivity contribution in [3.05, 3.63) is 126 Å². The van der Waals surface area contributed by atoms with Crippen LogP contribution in [0.3, 0.4) is 0 Å². The Kier molecular flexibility index (Phi) is 6.04. The van der Waals surface area contributed by atoms with Gasteiger partial charge in [-0.15, -0.1) is 0 Å². The highest BCUT2D eigenvalue weighted by Gasteiger charge is 2.51. The van der Waals surface area contributed by atoms with Crippen molar-refractivity contribution in [2.75, 3.05) is 0 Å². The standard InChI is InChI=1S/C33H27NO4/c1-22-30(21-23-6-5-9-29(20-23)37-28-7-3-2-4-8-28)31(38-34-22)26-12-10-24(11-13-26)25-14-16-27(17-15-25)33(18-19-33)32(35)36/h2-17,20H,18-19,21H2,1H3,(H,35,36). The molecule has 1 saturated carbocycles. The molecule has 1 fully saturated rings. The number of nitrogens with zero attached hydrogens (tertiary/aromatic N) is 1. The minimum Gasteiger partial charge on any atom is -0.481 e. The summed E-state index contributed by atoms with van der Waals surface area (Å²) in [4.78, 5) is 11.6. The van der Waals surface area contributed by atoms with Crippen molar-refractivity contribution in [2.45, 2.75) is 31.6 Å². The molecule has 0 bridgehead atoms. The molecule has 0 amide bonds. The number of benzene rings is 4. The van der Waals surface area contributed by atoms with Gasteiger partial charge in [-0.25, -0.2) is 0 Å². The molecule has 1 aliphatic rings. The highest BCUT2D eigenvalue weighted by Crippen LogP contribution is 2.48. The molecule has 5 nitrogen and oxygen atoms in total. The fraction of sp³-hybridized carbons (Fsp3) is 0.152. The first kappa shape index (κ1) is 23.7. The monoisotopic (exact) mass is 501 g/mol. The van der Waals surface area contributed by atoms with E-state index in [1.165, 1.54) is 0 Å². The Bertz CT molecular complexity index is 1580. The van der Waals surface area contributed by atoms with Gasteiger partial charge in [-0.3, -0.25) is 4.79 Å². The molecule has 38 heavy (non-hydrogen) atoms. The average molecular weight is 502 g/mol. The summed E-state index contributed by atoms with van der Waals surface area (Å²) >= 11 is 0. The molecule has 5 heteroatoms. The van der Waals surface area contributed by atoms with Crippen LogP contribution in [0.4, 0.5) is 0 Å². The van der Waals surface area contributed by atoms with Gasteiger partial charge in [0.25, 0.3) is 0 Å². The predicted molar refractivity (Wildman–Crippen MR) is 146 cm³/mol. The number of rotatable bonds is 8. The maximum Gasteiger partial charge on any atom is 0.314 e. The van der Waals surface area contributed by atoms with Crippen LogP contribution in [-0.2, 0) is 16.6 Å². The van der Waals surface area contributed by atoms with E-state index in [9.17, 15) is 9.90 Å². The van der Waals surface area contributed by atoms with E-state index < -0.39 is 11.4 Å². The van der Waals surface area contributed by atoms with Gasteiger partial charge in [0.15, 0.2) is 5.76 Å². The summed E-state index contributed by atoms with van der Waals surface area (Å²) < 4.78 is 11.8. The van der Waals surface area contributed by atoms with Crippen LogP contribution < -0.4 is 4.74 Å². The van der Waals surface area contributed by atoms with Crippen LogP contribution in [0.25, 0.3) is 22.5 Å². The molecule has 5 aromatic rings. The Hall–Kier alpha value is -4.64. The lowest BCUT2D eigenvalue weighted by Crippen LogP contribution is -2.19. The van der Waals surface area contributed by atoms with E-state index in [0.717, 1.165) is 56.3 Å². The van der Waals surface area contributed by atoms with E-state index >= 15 is 0 Å². The average Bonchev–Trinajstić information content (AvgIpc) is 3.69. The molecule has 1 N–H and O–H groups in total. The second kappa shape index (κ2) is 9.67. The third kappa shape index (κ3) is 4.59. The number of hydrogen-bond acceptors (Lipinski definition) is 4. The molecule has 0 unspecified atom stereocenters. The Labute approximate surface area is 221 Å². The summed E-state index contributed by atoms with van der Waals surface area (Å²) in [7, 11) is 0. The van der Waals surface area contributed by atoms with E-state index in [1.54, 1.807) is 0 Å². The molecular weight excluding hydrogens is 474 g/mol. The van der Waals surface area contributed by atoms with Crippen LogP contribution in [0.2, 0.25) is 0 Å². The number of carbonyl (C=O) groups is 1. The van der Waals surface area contributed by atoms with Gasteiger partial charge in [0, 0.05) is 17.5 Å². The van der Waals surface area contributed by atoms with E-state index in [-0.39, 0.29) is 0 Å². The maximum absolute atomic E-state index is 11.6. The van der Waals surface area contributed by atoms with E-state index in [4.69, 9.17) is 9.26 Å². The smallest absolute Gasteiger partial charge is 0.314 e. The normalized spacial score (nSPS) is 13.7. The molecule has 0 atom stereocenters. The molecule has 1 aliphatic carbocycles. The van der Waals surface area contributed by atoms with Gasteiger partial charge in [0.05, 0.1) is 11.1 Å². The van der Waals surface area contributed by atoms with Gasteiger partial charge in [0.1, 0.15) is 11.5 Å². The zero-order valence-electron chi connectivity index (χ0n) is 21.1. The van der Waals surface area contributed by atoms with Gasteiger partial charge in [-0.05, 0) is 66.3 Å². The van der Waals surface area contributed by atoms with E-state index in [0.29, 0.717) is 19.3 Å². The van der Waals surface area contributed by atoms with Crippen molar-refractivity contribution < 1.29 is 19.2 Å². The Morgan fingerprint density at radius 2 is 1.47 bits per heavy atom. The van der Waals surface area contributed by atoms with Gasteiger partial charge in [-0.2, -0.15) is 0 Å². The van der Waals surface area contributed by atoms with Gasteiger partial charge < -0.3 is 14.4 Å². The lowest BCUT2D eigenvalue weighted by atomic mass is 9.93. The summed E-state index contributed by atoms with van der Waals surface area (Å²) in [6.07, 6.45) is 2.09. The number of ether oxygens (including phenoxy) is 1. The summed E-state index contributed by atoms with van der Waals surface area (Å²) in [6, 6.07) is 33.9. The topological polar surface area (TPSA) is 72.6 Å². The Morgan fingerprint density at radius 3 is 2.13 bits per heavy atom. The first-order valence-corrected chi connectivity index (χ1v) is 12.7. The minimum absolute atomic E-state index is 0.672. The SMILES string of the molecule is Cc1noc(-c2ccc(-c3ccc(C4(C(=O)O)CC4)cc3)cc2)c1Cc1cccc(Oc2ccccc2)c1. The Morgan fingerprint density at radius 1 is 0.842 bits per heavy atom. The minimum atomic E-state index is -0.733.